The number of benzene rings is 1. The van der Waals surface area contributed by atoms with Crippen molar-refractivity contribution in [2.24, 2.45) is 10.7 Å². The molecular formula is C13H17Cl2N3. The molecule has 1 fully saturated rings. The summed E-state index contributed by atoms with van der Waals surface area (Å²) in [6, 6.07) is 5.86. The molecule has 1 aromatic carbocycles. The molecule has 1 aliphatic carbocycles. The van der Waals surface area contributed by atoms with Crippen LogP contribution in [0.15, 0.2) is 23.2 Å². The first-order valence-electron chi connectivity index (χ1n) is 6.11. The highest BCUT2D eigenvalue weighted by molar-refractivity contribution is 6.35. The number of nitrogens with one attached hydrogen (secondary N) is 1. The molecule has 3 N–H and O–H groups in total. The van der Waals surface area contributed by atoms with Gasteiger partial charge in [0.15, 0.2) is 5.96 Å². The quantitative estimate of drug-likeness (QED) is 0.660. The van der Waals surface area contributed by atoms with E-state index >= 15 is 0 Å². The fraction of sp³-hybridized carbons (Fsp3) is 0.462. The zero-order valence-electron chi connectivity index (χ0n) is 10.3. The Bertz CT molecular complexity index is 456. The van der Waals surface area contributed by atoms with Crippen LogP contribution in [0.1, 0.15) is 37.8 Å². The smallest absolute Gasteiger partial charge is 0.189 e. The second kappa shape index (κ2) is 5.81. The molecule has 1 saturated carbocycles. The maximum atomic E-state index is 6.15. The van der Waals surface area contributed by atoms with E-state index in [4.69, 9.17) is 28.9 Å². The van der Waals surface area contributed by atoms with E-state index in [1.807, 2.05) is 19.1 Å². The second-order valence-electron chi connectivity index (χ2n) is 4.63. The molecule has 1 atom stereocenters. The number of nitrogens with two attached hydrogens (primary N) is 1. The van der Waals surface area contributed by atoms with E-state index in [1.165, 1.54) is 6.42 Å². The molecule has 18 heavy (non-hydrogen) atoms. The number of hydrogen-bond donors (Lipinski definition) is 2. The predicted octanol–water partition coefficient (Wildman–Crippen LogP) is 3.51. The Morgan fingerprint density at radius 1 is 1.44 bits per heavy atom. The molecule has 0 saturated heterocycles. The maximum absolute atomic E-state index is 6.15. The molecule has 1 aromatic rings. The molecule has 0 bridgehead atoms. The fourth-order valence-electron chi connectivity index (χ4n) is 1.90. The Labute approximate surface area is 117 Å². The van der Waals surface area contributed by atoms with Crippen LogP contribution < -0.4 is 11.1 Å². The molecular weight excluding hydrogens is 269 g/mol. The van der Waals surface area contributed by atoms with Gasteiger partial charge in [0.05, 0.1) is 12.1 Å². The van der Waals surface area contributed by atoms with Gasteiger partial charge in [-0.2, -0.15) is 0 Å². The summed E-state index contributed by atoms with van der Waals surface area (Å²) in [5, 5.41) is 4.43. The van der Waals surface area contributed by atoms with Gasteiger partial charge in [-0.15, -0.1) is 0 Å². The van der Waals surface area contributed by atoms with Gasteiger partial charge in [0.2, 0.25) is 0 Å². The van der Waals surface area contributed by atoms with Crippen LogP contribution in [0, 0.1) is 0 Å². The lowest BCUT2D eigenvalue weighted by molar-refractivity contribution is 0.418. The highest BCUT2D eigenvalue weighted by Crippen LogP contribution is 2.26. The molecule has 0 amide bonds. The third kappa shape index (κ3) is 3.30. The van der Waals surface area contributed by atoms with Gasteiger partial charge in [0.25, 0.3) is 0 Å². The minimum atomic E-state index is 0.0126. The van der Waals surface area contributed by atoms with Gasteiger partial charge >= 0.3 is 0 Å². The van der Waals surface area contributed by atoms with Crippen molar-refractivity contribution in [3.05, 3.63) is 33.8 Å². The van der Waals surface area contributed by atoms with Crippen molar-refractivity contribution in [1.82, 2.24) is 5.32 Å². The highest BCUT2D eigenvalue weighted by Gasteiger charge is 2.17. The summed E-state index contributed by atoms with van der Waals surface area (Å²) in [7, 11) is 0. The number of hydrogen-bond acceptors (Lipinski definition) is 1. The Balaban J connectivity index is 2.02. The molecule has 2 rings (SSSR count). The van der Waals surface area contributed by atoms with Gasteiger partial charge in [-0.05, 0) is 43.9 Å². The van der Waals surface area contributed by atoms with Crippen LogP contribution >= 0.6 is 23.2 Å². The zero-order chi connectivity index (χ0) is 13.1. The van der Waals surface area contributed by atoms with E-state index in [1.54, 1.807) is 6.07 Å². The summed E-state index contributed by atoms with van der Waals surface area (Å²) in [5.74, 6) is 0.484. The van der Waals surface area contributed by atoms with Gasteiger partial charge in [-0.1, -0.05) is 29.3 Å². The summed E-state index contributed by atoms with van der Waals surface area (Å²) in [6.07, 6.45) is 3.52. The summed E-state index contributed by atoms with van der Waals surface area (Å²) >= 11 is 12.0. The van der Waals surface area contributed by atoms with Gasteiger partial charge in [-0.25, -0.2) is 0 Å². The van der Waals surface area contributed by atoms with Crippen molar-refractivity contribution < 1.29 is 0 Å². The molecule has 3 nitrogen and oxygen atoms in total. The van der Waals surface area contributed by atoms with Crippen LogP contribution in [-0.4, -0.2) is 12.0 Å². The lowest BCUT2D eigenvalue weighted by Crippen LogP contribution is -2.36. The van der Waals surface area contributed by atoms with E-state index in [2.05, 4.69) is 10.3 Å². The fourth-order valence-corrected chi connectivity index (χ4v) is 2.47. The van der Waals surface area contributed by atoms with Crippen molar-refractivity contribution in [2.45, 2.75) is 38.3 Å². The van der Waals surface area contributed by atoms with Gasteiger partial charge in [0, 0.05) is 10.0 Å². The van der Waals surface area contributed by atoms with Crippen LogP contribution in [0.2, 0.25) is 10.0 Å². The standard InChI is InChI=1S/C13H17Cl2N3/c1-8(11-6-5-9(14)7-12(11)15)17-13(16)18-10-3-2-4-10/h5-8,10H,2-4H2,1H3,(H3,16,17,18). The summed E-state index contributed by atoms with van der Waals surface area (Å²) in [4.78, 5) is 4.41. The summed E-state index contributed by atoms with van der Waals surface area (Å²) in [6.45, 7) is 2.00. The van der Waals surface area contributed by atoms with Crippen LogP contribution in [0.4, 0.5) is 0 Å². The van der Waals surface area contributed by atoms with Crippen LogP contribution in [0.25, 0.3) is 0 Å². The van der Waals surface area contributed by atoms with Crippen molar-refractivity contribution in [3.8, 4) is 0 Å². The summed E-state index contributed by atoms with van der Waals surface area (Å²) in [5.41, 5.74) is 6.84. The third-order valence-electron chi connectivity index (χ3n) is 3.19. The van der Waals surface area contributed by atoms with Crippen LogP contribution in [0.3, 0.4) is 0 Å². The SMILES string of the molecule is CC(NC(N)=NC1CCC1)c1ccc(Cl)cc1Cl. The van der Waals surface area contributed by atoms with Gasteiger partial charge in [-0.3, -0.25) is 4.99 Å². The summed E-state index contributed by atoms with van der Waals surface area (Å²) < 4.78 is 0. The number of halogens is 2. The molecule has 98 valence electrons. The third-order valence-corrected chi connectivity index (χ3v) is 3.75. The van der Waals surface area contributed by atoms with E-state index in [9.17, 15) is 0 Å². The monoisotopic (exact) mass is 285 g/mol. The van der Waals surface area contributed by atoms with E-state index in [-0.39, 0.29) is 6.04 Å². The van der Waals surface area contributed by atoms with Crippen molar-refractivity contribution >= 4 is 29.2 Å². The first kappa shape index (κ1) is 13.5. The first-order valence-corrected chi connectivity index (χ1v) is 6.86. The molecule has 1 aliphatic rings. The van der Waals surface area contributed by atoms with Crippen LogP contribution in [-0.2, 0) is 0 Å². The Morgan fingerprint density at radius 3 is 2.72 bits per heavy atom. The van der Waals surface area contributed by atoms with Crippen LogP contribution in [0.5, 0.6) is 0 Å². The molecule has 0 radical (unpaired) electrons. The number of aliphatic imine (C=N–C) groups is 1. The minimum Gasteiger partial charge on any atom is -0.370 e. The van der Waals surface area contributed by atoms with Crippen molar-refractivity contribution in [1.29, 1.82) is 0 Å². The molecule has 0 aromatic heterocycles. The molecule has 5 heteroatoms. The predicted molar refractivity (Wildman–Crippen MR) is 77.3 cm³/mol. The average molecular weight is 286 g/mol. The zero-order valence-corrected chi connectivity index (χ0v) is 11.8. The minimum absolute atomic E-state index is 0.0126. The Morgan fingerprint density at radius 2 is 2.17 bits per heavy atom. The molecule has 0 heterocycles. The molecule has 1 unspecified atom stereocenters. The first-order chi connectivity index (χ1) is 8.56. The number of guanidine groups is 1. The maximum Gasteiger partial charge on any atom is 0.189 e. The topological polar surface area (TPSA) is 50.4 Å². The average Bonchev–Trinajstić information content (AvgIpc) is 2.23. The van der Waals surface area contributed by atoms with E-state index in [0.29, 0.717) is 22.0 Å². The number of rotatable bonds is 3. The molecule has 0 aliphatic heterocycles. The van der Waals surface area contributed by atoms with Gasteiger partial charge < -0.3 is 11.1 Å². The normalized spacial score (nSPS) is 18.3. The highest BCUT2D eigenvalue weighted by atomic mass is 35.5. The largest absolute Gasteiger partial charge is 0.370 e. The Hall–Kier alpha value is -0.930. The van der Waals surface area contributed by atoms with Gasteiger partial charge in [0.1, 0.15) is 0 Å². The Kier molecular flexibility index (Phi) is 4.36. The second-order valence-corrected chi connectivity index (χ2v) is 5.47. The lowest BCUT2D eigenvalue weighted by Gasteiger charge is -2.23. The van der Waals surface area contributed by atoms with E-state index in [0.717, 1.165) is 18.4 Å². The van der Waals surface area contributed by atoms with E-state index < -0.39 is 0 Å². The van der Waals surface area contributed by atoms with Crippen molar-refractivity contribution in [2.75, 3.05) is 0 Å². The molecule has 0 spiro atoms. The number of nitrogens with zero attached hydrogens (tertiary/aromatic N) is 1. The van der Waals surface area contributed by atoms with Crippen molar-refractivity contribution in [3.63, 3.8) is 0 Å². The lowest BCUT2D eigenvalue weighted by atomic mass is 9.94.